The SMILES string of the molecule is CCNC1(C#N)CCCC(N(C)CC2CCN(C)C2)C1. The third-order valence-electron chi connectivity index (χ3n) is 5.11. The Bertz CT molecular complexity index is 347. The molecule has 2 aliphatic rings. The van der Waals surface area contributed by atoms with Gasteiger partial charge in [0.25, 0.3) is 0 Å². The van der Waals surface area contributed by atoms with Crippen molar-refractivity contribution in [1.82, 2.24) is 15.1 Å². The summed E-state index contributed by atoms with van der Waals surface area (Å²) in [5.41, 5.74) is -0.279. The van der Waals surface area contributed by atoms with Crippen LogP contribution in [0.3, 0.4) is 0 Å². The zero-order chi connectivity index (χ0) is 14.6. The van der Waals surface area contributed by atoms with Crippen molar-refractivity contribution in [1.29, 1.82) is 5.26 Å². The molecule has 3 atom stereocenters. The number of nitrogens with zero attached hydrogens (tertiary/aromatic N) is 3. The second-order valence-corrected chi connectivity index (χ2v) is 6.83. The fourth-order valence-electron chi connectivity index (χ4n) is 3.99. The molecule has 3 unspecified atom stereocenters. The van der Waals surface area contributed by atoms with Crippen molar-refractivity contribution in [2.24, 2.45) is 5.92 Å². The summed E-state index contributed by atoms with van der Waals surface area (Å²) in [6, 6.07) is 3.12. The van der Waals surface area contributed by atoms with E-state index in [-0.39, 0.29) is 5.54 Å². The molecule has 4 nitrogen and oxygen atoms in total. The second kappa shape index (κ2) is 6.89. The van der Waals surface area contributed by atoms with Crippen LogP contribution < -0.4 is 5.32 Å². The van der Waals surface area contributed by atoms with Crippen LogP contribution in [0.4, 0.5) is 0 Å². The highest BCUT2D eigenvalue weighted by molar-refractivity contribution is 5.11. The standard InChI is InChI=1S/C16H30N4/c1-4-18-16(13-17)8-5-6-15(10-16)20(3)12-14-7-9-19(2)11-14/h14-15,18H,4-12H2,1-3H3. The van der Waals surface area contributed by atoms with E-state index in [2.05, 4.69) is 42.2 Å². The van der Waals surface area contributed by atoms with Crippen molar-refractivity contribution in [2.45, 2.75) is 50.6 Å². The van der Waals surface area contributed by atoms with E-state index in [0.29, 0.717) is 6.04 Å². The number of nitrogens with one attached hydrogen (secondary N) is 1. The molecule has 114 valence electrons. The van der Waals surface area contributed by atoms with Crippen molar-refractivity contribution >= 4 is 0 Å². The van der Waals surface area contributed by atoms with Crippen molar-refractivity contribution < 1.29 is 0 Å². The number of rotatable bonds is 5. The van der Waals surface area contributed by atoms with Gasteiger partial charge in [0, 0.05) is 19.1 Å². The zero-order valence-electron chi connectivity index (χ0n) is 13.4. The molecule has 2 rings (SSSR count). The normalized spacial score (nSPS) is 35.4. The lowest BCUT2D eigenvalue weighted by molar-refractivity contribution is 0.130. The Morgan fingerprint density at radius 3 is 2.85 bits per heavy atom. The first-order chi connectivity index (χ1) is 9.58. The molecule has 1 saturated heterocycles. The van der Waals surface area contributed by atoms with Crippen LogP contribution in [-0.4, -0.2) is 61.7 Å². The summed E-state index contributed by atoms with van der Waals surface area (Å²) < 4.78 is 0. The van der Waals surface area contributed by atoms with Gasteiger partial charge in [0.1, 0.15) is 5.54 Å². The molecular formula is C16H30N4. The topological polar surface area (TPSA) is 42.3 Å². The van der Waals surface area contributed by atoms with Gasteiger partial charge in [-0.1, -0.05) is 6.92 Å². The molecule has 1 N–H and O–H groups in total. The first-order valence-electron chi connectivity index (χ1n) is 8.13. The van der Waals surface area contributed by atoms with Gasteiger partial charge in [0.15, 0.2) is 0 Å². The largest absolute Gasteiger partial charge is 0.306 e. The predicted molar refractivity (Wildman–Crippen MR) is 82.5 cm³/mol. The average Bonchev–Trinajstić information content (AvgIpc) is 2.84. The lowest BCUT2D eigenvalue weighted by Crippen LogP contribution is -2.52. The van der Waals surface area contributed by atoms with E-state index >= 15 is 0 Å². The van der Waals surface area contributed by atoms with Gasteiger partial charge in [-0.05, 0) is 65.2 Å². The van der Waals surface area contributed by atoms with Gasteiger partial charge in [-0.2, -0.15) is 5.26 Å². The lowest BCUT2D eigenvalue weighted by Gasteiger charge is -2.41. The average molecular weight is 278 g/mol. The number of hydrogen-bond acceptors (Lipinski definition) is 4. The molecule has 0 aromatic rings. The highest BCUT2D eigenvalue weighted by Crippen LogP contribution is 2.31. The Kier molecular flexibility index (Phi) is 5.42. The second-order valence-electron chi connectivity index (χ2n) is 6.83. The van der Waals surface area contributed by atoms with Gasteiger partial charge in [0.2, 0.25) is 0 Å². The van der Waals surface area contributed by atoms with Gasteiger partial charge in [-0.15, -0.1) is 0 Å². The minimum absolute atomic E-state index is 0.279. The Morgan fingerprint density at radius 1 is 1.45 bits per heavy atom. The van der Waals surface area contributed by atoms with Crippen LogP contribution in [0.5, 0.6) is 0 Å². The van der Waals surface area contributed by atoms with Crippen molar-refractivity contribution in [3.8, 4) is 6.07 Å². The highest BCUT2D eigenvalue weighted by Gasteiger charge is 2.37. The third kappa shape index (κ3) is 3.72. The minimum atomic E-state index is -0.279. The smallest absolute Gasteiger partial charge is 0.108 e. The molecule has 0 aromatic carbocycles. The Balaban J connectivity index is 1.89. The monoisotopic (exact) mass is 278 g/mol. The Hall–Kier alpha value is -0.630. The predicted octanol–water partition coefficient (Wildman–Crippen LogP) is 1.68. The van der Waals surface area contributed by atoms with Crippen LogP contribution in [-0.2, 0) is 0 Å². The van der Waals surface area contributed by atoms with E-state index < -0.39 is 0 Å². The summed E-state index contributed by atoms with van der Waals surface area (Å²) in [6.45, 7) is 6.64. The van der Waals surface area contributed by atoms with Crippen molar-refractivity contribution in [3.05, 3.63) is 0 Å². The fraction of sp³-hybridized carbons (Fsp3) is 0.938. The summed E-state index contributed by atoms with van der Waals surface area (Å²) >= 11 is 0. The highest BCUT2D eigenvalue weighted by atomic mass is 15.2. The van der Waals surface area contributed by atoms with E-state index in [0.717, 1.165) is 25.3 Å². The first kappa shape index (κ1) is 15.8. The molecule has 0 aromatic heterocycles. The van der Waals surface area contributed by atoms with Crippen LogP contribution in [0.15, 0.2) is 0 Å². The molecular weight excluding hydrogens is 248 g/mol. The van der Waals surface area contributed by atoms with Gasteiger partial charge < -0.3 is 9.80 Å². The van der Waals surface area contributed by atoms with Crippen molar-refractivity contribution in [3.63, 3.8) is 0 Å². The van der Waals surface area contributed by atoms with Crippen LogP contribution in [0, 0.1) is 17.2 Å². The Labute approximate surface area is 124 Å². The third-order valence-corrected chi connectivity index (χ3v) is 5.11. The zero-order valence-corrected chi connectivity index (χ0v) is 13.4. The van der Waals surface area contributed by atoms with Gasteiger partial charge in [0.05, 0.1) is 6.07 Å². The van der Waals surface area contributed by atoms with Crippen LogP contribution in [0.1, 0.15) is 39.0 Å². The van der Waals surface area contributed by atoms with Crippen LogP contribution in [0.2, 0.25) is 0 Å². The molecule has 0 radical (unpaired) electrons. The molecule has 0 spiro atoms. The molecule has 1 aliphatic carbocycles. The molecule has 4 heteroatoms. The summed E-state index contributed by atoms with van der Waals surface area (Å²) in [6.07, 6.45) is 5.72. The lowest BCUT2D eigenvalue weighted by atomic mass is 9.79. The van der Waals surface area contributed by atoms with Crippen LogP contribution in [0.25, 0.3) is 0 Å². The number of hydrogen-bond donors (Lipinski definition) is 1. The van der Waals surface area contributed by atoms with E-state index in [4.69, 9.17) is 0 Å². The van der Waals surface area contributed by atoms with Gasteiger partial charge in [-0.25, -0.2) is 0 Å². The molecule has 0 bridgehead atoms. The van der Waals surface area contributed by atoms with E-state index in [1.165, 1.54) is 38.9 Å². The maximum absolute atomic E-state index is 9.55. The minimum Gasteiger partial charge on any atom is -0.306 e. The Morgan fingerprint density at radius 2 is 2.25 bits per heavy atom. The molecule has 1 saturated carbocycles. The summed E-state index contributed by atoms with van der Waals surface area (Å²) in [5.74, 6) is 0.808. The van der Waals surface area contributed by atoms with Gasteiger partial charge in [-0.3, -0.25) is 5.32 Å². The summed E-state index contributed by atoms with van der Waals surface area (Å²) in [4.78, 5) is 4.95. The molecule has 20 heavy (non-hydrogen) atoms. The summed E-state index contributed by atoms with van der Waals surface area (Å²) in [5, 5.41) is 13.0. The number of nitriles is 1. The van der Waals surface area contributed by atoms with E-state index in [1.807, 2.05) is 0 Å². The molecule has 2 fully saturated rings. The summed E-state index contributed by atoms with van der Waals surface area (Å²) in [7, 11) is 4.47. The maximum Gasteiger partial charge on any atom is 0.108 e. The van der Waals surface area contributed by atoms with Crippen molar-refractivity contribution in [2.75, 3.05) is 40.3 Å². The van der Waals surface area contributed by atoms with Crippen LogP contribution >= 0.6 is 0 Å². The first-order valence-corrected chi connectivity index (χ1v) is 8.13. The maximum atomic E-state index is 9.55. The quantitative estimate of drug-likeness (QED) is 0.831. The van der Waals surface area contributed by atoms with E-state index in [1.54, 1.807) is 0 Å². The fourth-order valence-corrected chi connectivity index (χ4v) is 3.99. The number of likely N-dealkylation sites (tertiary alicyclic amines) is 1. The molecule has 0 amide bonds. The van der Waals surface area contributed by atoms with E-state index in [9.17, 15) is 5.26 Å². The molecule has 1 heterocycles. The molecule has 1 aliphatic heterocycles. The van der Waals surface area contributed by atoms with Gasteiger partial charge >= 0.3 is 0 Å².